The van der Waals surface area contributed by atoms with Gasteiger partial charge in [-0.15, -0.1) is 0 Å². The molecule has 82 valence electrons. The summed E-state index contributed by atoms with van der Waals surface area (Å²) in [5, 5.41) is 6.23. The van der Waals surface area contributed by atoms with Gasteiger partial charge >= 0.3 is 0 Å². The monoisotopic (exact) mass is 207 g/mol. The van der Waals surface area contributed by atoms with E-state index in [-0.39, 0.29) is 5.91 Å². The third kappa shape index (κ3) is 2.83. The molecule has 2 rings (SSSR count). The first-order valence-electron chi connectivity index (χ1n) is 5.48. The van der Waals surface area contributed by atoms with Crippen LogP contribution in [0, 0.1) is 5.92 Å². The van der Waals surface area contributed by atoms with Crippen molar-refractivity contribution in [1.82, 2.24) is 15.6 Å². The lowest BCUT2D eigenvalue weighted by atomic mass is 10.1. The molecule has 0 saturated carbocycles. The van der Waals surface area contributed by atoms with Gasteiger partial charge in [-0.3, -0.25) is 4.79 Å². The van der Waals surface area contributed by atoms with Crippen LogP contribution < -0.4 is 10.6 Å². The van der Waals surface area contributed by atoms with Gasteiger partial charge in [-0.05, 0) is 44.0 Å². The van der Waals surface area contributed by atoms with Crippen molar-refractivity contribution in [2.75, 3.05) is 19.6 Å². The molecule has 2 heterocycles. The second-order valence-electron chi connectivity index (χ2n) is 3.99. The molecule has 3 N–H and O–H groups in total. The van der Waals surface area contributed by atoms with E-state index in [2.05, 4.69) is 15.6 Å². The number of hydrogen-bond donors (Lipinski definition) is 3. The van der Waals surface area contributed by atoms with Gasteiger partial charge in [-0.2, -0.15) is 0 Å². The van der Waals surface area contributed by atoms with Crippen LogP contribution in [-0.2, 0) is 0 Å². The van der Waals surface area contributed by atoms with Crippen LogP contribution >= 0.6 is 0 Å². The Bertz CT molecular complexity index is 302. The predicted molar refractivity (Wildman–Crippen MR) is 58.7 cm³/mol. The highest BCUT2D eigenvalue weighted by atomic mass is 16.1. The molecule has 1 unspecified atom stereocenters. The molecule has 1 aromatic rings. The number of carbonyl (C=O) groups is 1. The topological polar surface area (TPSA) is 56.9 Å². The van der Waals surface area contributed by atoms with Crippen LogP contribution in [-0.4, -0.2) is 30.5 Å². The fraction of sp³-hybridized carbons (Fsp3) is 0.545. The van der Waals surface area contributed by atoms with Crippen LogP contribution in [0.3, 0.4) is 0 Å². The lowest BCUT2D eigenvalue weighted by Gasteiger charge is -2.08. The van der Waals surface area contributed by atoms with Crippen molar-refractivity contribution in [2.24, 2.45) is 5.92 Å². The Balaban J connectivity index is 1.67. The van der Waals surface area contributed by atoms with E-state index in [9.17, 15) is 4.79 Å². The molecule has 4 heteroatoms. The minimum Gasteiger partial charge on any atom is -0.357 e. The molecule has 0 aromatic carbocycles. The fourth-order valence-corrected chi connectivity index (χ4v) is 1.92. The van der Waals surface area contributed by atoms with Gasteiger partial charge in [0.15, 0.2) is 0 Å². The second-order valence-corrected chi connectivity index (χ2v) is 3.99. The zero-order valence-electron chi connectivity index (χ0n) is 8.75. The number of nitrogens with one attached hydrogen (secondary N) is 3. The van der Waals surface area contributed by atoms with Crippen molar-refractivity contribution >= 4 is 5.91 Å². The molecule has 0 radical (unpaired) electrons. The van der Waals surface area contributed by atoms with Crippen LogP contribution in [0.15, 0.2) is 18.3 Å². The van der Waals surface area contributed by atoms with Gasteiger partial charge in [-0.25, -0.2) is 0 Å². The number of H-pyrrole nitrogens is 1. The summed E-state index contributed by atoms with van der Waals surface area (Å²) in [5.41, 5.74) is 0.638. The van der Waals surface area contributed by atoms with Crippen LogP contribution in [0.2, 0.25) is 0 Å². The highest BCUT2D eigenvalue weighted by Crippen LogP contribution is 2.10. The van der Waals surface area contributed by atoms with E-state index in [1.165, 1.54) is 6.42 Å². The van der Waals surface area contributed by atoms with Gasteiger partial charge in [0.2, 0.25) is 0 Å². The van der Waals surface area contributed by atoms with Crippen molar-refractivity contribution in [3.05, 3.63) is 24.0 Å². The summed E-state index contributed by atoms with van der Waals surface area (Å²) in [6, 6.07) is 3.61. The van der Waals surface area contributed by atoms with Gasteiger partial charge in [0.25, 0.3) is 5.91 Å². The molecular formula is C11H17N3O. The molecular weight excluding hydrogens is 190 g/mol. The Labute approximate surface area is 89.5 Å². The average Bonchev–Trinajstić information content (AvgIpc) is 2.90. The molecule has 4 nitrogen and oxygen atoms in total. The fourth-order valence-electron chi connectivity index (χ4n) is 1.92. The van der Waals surface area contributed by atoms with Crippen LogP contribution in [0.5, 0.6) is 0 Å². The van der Waals surface area contributed by atoms with Gasteiger partial charge < -0.3 is 15.6 Å². The van der Waals surface area contributed by atoms with E-state index in [0.29, 0.717) is 5.69 Å². The predicted octanol–water partition coefficient (Wildman–Crippen LogP) is 0.744. The molecule has 0 aliphatic carbocycles. The number of amides is 1. The minimum absolute atomic E-state index is 0.00837. The molecule has 0 bridgehead atoms. The smallest absolute Gasteiger partial charge is 0.267 e. The second kappa shape index (κ2) is 4.98. The lowest BCUT2D eigenvalue weighted by molar-refractivity contribution is 0.0947. The molecule has 15 heavy (non-hydrogen) atoms. The Kier molecular flexibility index (Phi) is 3.40. The van der Waals surface area contributed by atoms with Crippen molar-refractivity contribution in [1.29, 1.82) is 0 Å². The SMILES string of the molecule is O=C(NCCC1CCNC1)c1ccc[nH]1. The summed E-state index contributed by atoms with van der Waals surface area (Å²) >= 11 is 0. The lowest BCUT2D eigenvalue weighted by Crippen LogP contribution is -2.26. The first kappa shape index (κ1) is 10.2. The maximum atomic E-state index is 11.5. The maximum Gasteiger partial charge on any atom is 0.267 e. The summed E-state index contributed by atoms with van der Waals surface area (Å²) in [4.78, 5) is 14.4. The highest BCUT2D eigenvalue weighted by molar-refractivity contribution is 5.92. The van der Waals surface area contributed by atoms with Crippen LogP contribution in [0.25, 0.3) is 0 Å². The normalized spacial score (nSPS) is 20.4. The van der Waals surface area contributed by atoms with Gasteiger partial charge in [0.05, 0.1) is 0 Å². The number of aromatic nitrogens is 1. The summed E-state index contributed by atoms with van der Waals surface area (Å²) < 4.78 is 0. The van der Waals surface area contributed by atoms with Crippen molar-refractivity contribution < 1.29 is 4.79 Å². The Morgan fingerprint density at radius 1 is 1.60 bits per heavy atom. The number of rotatable bonds is 4. The summed E-state index contributed by atoms with van der Waals surface area (Å²) in [5.74, 6) is 0.722. The van der Waals surface area contributed by atoms with Gasteiger partial charge in [0.1, 0.15) is 5.69 Å². The first-order chi connectivity index (χ1) is 7.36. The highest BCUT2D eigenvalue weighted by Gasteiger charge is 2.14. The summed E-state index contributed by atoms with van der Waals surface area (Å²) in [6.07, 6.45) is 4.06. The maximum absolute atomic E-state index is 11.5. The Morgan fingerprint density at radius 3 is 3.20 bits per heavy atom. The van der Waals surface area contributed by atoms with E-state index >= 15 is 0 Å². The minimum atomic E-state index is -0.00837. The standard InChI is InChI=1S/C11H17N3O/c15-11(10-2-1-5-13-10)14-7-4-9-3-6-12-8-9/h1-2,5,9,12-13H,3-4,6-8H2,(H,14,15). The molecule has 1 aliphatic heterocycles. The van der Waals surface area contributed by atoms with E-state index in [1.807, 2.05) is 6.07 Å². The quantitative estimate of drug-likeness (QED) is 0.682. The molecule has 1 fully saturated rings. The van der Waals surface area contributed by atoms with Crippen molar-refractivity contribution in [3.8, 4) is 0 Å². The molecule has 1 aliphatic rings. The van der Waals surface area contributed by atoms with E-state index in [4.69, 9.17) is 0 Å². The third-order valence-electron chi connectivity index (χ3n) is 2.84. The molecule has 1 atom stereocenters. The van der Waals surface area contributed by atoms with Gasteiger partial charge in [0, 0.05) is 12.7 Å². The summed E-state index contributed by atoms with van der Waals surface area (Å²) in [7, 11) is 0. The number of carbonyl (C=O) groups excluding carboxylic acids is 1. The Morgan fingerprint density at radius 2 is 2.53 bits per heavy atom. The molecule has 0 spiro atoms. The summed E-state index contributed by atoms with van der Waals surface area (Å²) in [6.45, 7) is 2.98. The average molecular weight is 207 g/mol. The van der Waals surface area contributed by atoms with E-state index < -0.39 is 0 Å². The Hall–Kier alpha value is -1.29. The molecule has 1 saturated heterocycles. The van der Waals surface area contributed by atoms with E-state index in [0.717, 1.165) is 32.0 Å². The van der Waals surface area contributed by atoms with Crippen molar-refractivity contribution in [3.63, 3.8) is 0 Å². The molecule has 1 aromatic heterocycles. The van der Waals surface area contributed by atoms with Crippen LogP contribution in [0.1, 0.15) is 23.3 Å². The zero-order valence-corrected chi connectivity index (χ0v) is 8.75. The first-order valence-corrected chi connectivity index (χ1v) is 5.48. The van der Waals surface area contributed by atoms with Crippen molar-refractivity contribution in [2.45, 2.75) is 12.8 Å². The largest absolute Gasteiger partial charge is 0.357 e. The van der Waals surface area contributed by atoms with Gasteiger partial charge in [-0.1, -0.05) is 0 Å². The van der Waals surface area contributed by atoms with Crippen LogP contribution in [0.4, 0.5) is 0 Å². The third-order valence-corrected chi connectivity index (χ3v) is 2.84. The molecule has 1 amide bonds. The zero-order chi connectivity index (χ0) is 10.5. The number of hydrogen-bond acceptors (Lipinski definition) is 2. The van der Waals surface area contributed by atoms with E-state index in [1.54, 1.807) is 12.3 Å². The number of aromatic amines is 1.